The summed E-state index contributed by atoms with van der Waals surface area (Å²) in [5.41, 5.74) is 0.958. The summed E-state index contributed by atoms with van der Waals surface area (Å²) < 4.78 is 4.84. The van der Waals surface area contributed by atoms with Crippen molar-refractivity contribution in [3.8, 4) is 0 Å². The number of carbonyl (C=O) groups is 2. The van der Waals surface area contributed by atoms with Gasteiger partial charge in [0.25, 0.3) is 0 Å². The highest BCUT2D eigenvalue weighted by Gasteiger charge is 2.18. The zero-order chi connectivity index (χ0) is 11.5. The van der Waals surface area contributed by atoms with Gasteiger partial charge in [-0.3, -0.25) is 4.79 Å². The molecule has 0 atom stereocenters. The molecule has 16 heavy (non-hydrogen) atoms. The van der Waals surface area contributed by atoms with Gasteiger partial charge >= 0.3 is 5.97 Å². The van der Waals surface area contributed by atoms with Crippen LogP contribution < -0.4 is 0 Å². The van der Waals surface area contributed by atoms with E-state index in [4.69, 9.17) is 4.74 Å². The van der Waals surface area contributed by atoms with Crippen molar-refractivity contribution in [3.63, 3.8) is 0 Å². The Balaban J connectivity index is 2.60. The molecule has 82 valence electrons. The Morgan fingerprint density at radius 2 is 2.44 bits per heavy atom. The summed E-state index contributed by atoms with van der Waals surface area (Å²) in [6, 6.07) is 3.43. The van der Waals surface area contributed by atoms with E-state index in [1.807, 2.05) is 0 Å². The third kappa shape index (κ3) is 1.56. The van der Waals surface area contributed by atoms with E-state index in [0.29, 0.717) is 22.9 Å². The highest BCUT2D eigenvalue weighted by atomic mass is 16.5. The lowest BCUT2D eigenvalue weighted by Gasteiger charge is -1.98. The monoisotopic (exact) mass is 218 g/mol. The van der Waals surface area contributed by atoms with Crippen molar-refractivity contribution in [2.45, 2.75) is 6.92 Å². The molecule has 0 saturated carbocycles. The Morgan fingerprint density at radius 3 is 3.12 bits per heavy atom. The highest BCUT2D eigenvalue weighted by molar-refractivity contribution is 6.07. The Morgan fingerprint density at radius 1 is 1.62 bits per heavy atom. The molecule has 5 nitrogen and oxygen atoms in total. The minimum Gasteiger partial charge on any atom is -0.461 e. The smallest absolute Gasteiger partial charge is 0.355 e. The molecule has 2 aromatic heterocycles. The lowest BCUT2D eigenvalue weighted by atomic mass is 10.2. The quantitative estimate of drug-likeness (QED) is 0.626. The second kappa shape index (κ2) is 4.14. The molecule has 0 aliphatic carbocycles. The molecular formula is C11H10N2O3. The summed E-state index contributed by atoms with van der Waals surface area (Å²) in [4.78, 5) is 29.3. The number of nitrogens with one attached hydrogen (secondary N) is 1. The summed E-state index contributed by atoms with van der Waals surface area (Å²) in [5, 5.41) is 0.626. The van der Waals surface area contributed by atoms with Gasteiger partial charge in [0.1, 0.15) is 11.3 Å². The largest absolute Gasteiger partial charge is 0.461 e. The van der Waals surface area contributed by atoms with Gasteiger partial charge in [0.15, 0.2) is 6.29 Å². The molecule has 0 aromatic carbocycles. The van der Waals surface area contributed by atoms with Crippen LogP contribution in [0.4, 0.5) is 0 Å². The molecule has 0 amide bonds. The second-order valence-corrected chi connectivity index (χ2v) is 3.15. The molecule has 1 N–H and O–H groups in total. The standard InChI is InChI=1S/C11H10N2O3/c1-2-16-11(15)9-8(6-14)7-4-3-5-12-10(7)13-9/h3-6H,2H2,1H3,(H,12,13). The van der Waals surface area contributed by atoms with Gasteiger partial charge in [0.2, 0.25) is 0 Å². The predicted molar refractivity (Wildman–Crippen MR) is 57.4 cm³/mol. The number of fused-ring (bicyclic) bond motifs is 1. The maximum atomic E-state index is 11.6. The van der Waals surface area contributed by atoms with Crippen LogP contribution in [0.15, 0.2) is 18.3 Å². The number of hydrogen-bond acceptors (Lipinski definition) is 4. The van der Waals surface area contributed by atoms with E-state index in [1.165, 1.54) is 0 Å². The molecule has 0 spiro atoms. The van der Waals surface area contributed by atoms with E-state index >= 15 is 0 Å². The van der Waals surface area contributed by atoms with Crippen molar-refractivity contribution >= 4 is 23.3 Å². The molecule has 2 aromatic rings. The number of rotatable bonds is 3. The first-order chi connectivity index (χ1) is 7.77. The molecule has 0 aliphatic heterocycles. The van der Waals surface area contributed by atoms with Gasteiger partial charge in [0.05, 0.1) is 12.2 Å². The van der Waals surface area contributed by atoms with Crippen LogP contribution in [0, 0.1) is 0 Å². The van der Waals surface area contributed by atoms with Crippen molar-refractivity contribution in [2.75, 3.05) is 6.61 Å². The lowest BCUT2D eigenvalue weighted by molar-refractivity contribution is 0.0518. The zero-order valence-corrected chi connectivity index (χ0v) is 8.69. The van der Waals surface area contributed by atoms with Crippen LogP contribution in [0.3, 0.4) is 0 Å². The van der Waals surface area contributed by atoms with E-state index in [-0.39, 0.29) is 12.3 Å². The van der Waals surface area contributed by atoms with Crippen LogP contribution in [0.1, 0.15) is 27.8 Å². The van der Waals surface area contributed by atoms with Gasteiger partial charge in [-0.05, 0) is 19.1 Å². The fourth-order valence-corrected chi connectivity index (χ4v) is 1.53. The molecule has 0 saturated heterocycles. The molecule has 0 bridgehead atoms. The summed E-state index contributed by atoms with van der Waals surface area (Å²) in [7, 11) is 0. The maximum absolute atomic E-state index is 11.6. The van der Waals surface area contributed by atoms with Crippen molar-refractivity contribution in [1.82, 2.24) is 9.97 Å². The van der Waals surface area contributed by atoms with Crippen LogP contribution in [-0.4, -0.2) is 28.8 Å². The Labute approximate surface area is 91.4 Å². The molecular weight excluding hydrogens is 208 g/mol. The summed E-state index contributed by atoms with van der Waals surface area (Å²) in [5.74, 6) is -0.539. The summed E-state index contributed by atoms with van der Waals surface area (Å²) >= 11 is 0. The Hall–Kier alpha value is -2.17. The van der Waals surface area contributed by atoms with E-state index in [0.717, 1.165) is 0 Å². The zero-order valence-electron chi connectivity index (χ0n) is 8.69. The number of H-pyrrole nitrogens is 1. The number of aromatic nitrogens is 2. The number of ether oxygens (including phenoxy) is 1. The van der Waals surface area contributed by atoms with Crippen LogP contribution in [0.2, 0.25) is 0 Å². The number of esters is 1. The fourth-order valence-electron chi connectivity index (χ4n) is 1.53. The van der Waals surface area contributed by atoms with Crippen molar-refractivity contribution in [3.05, 3.63) is 29.6 Å². The van der Waals surface area contributed by atoms with Gasteiger partial charge in [-0.15, -0.1) is 0 Å². The number of carbonyl (C=O) groups excluding carboxylic acids is 2. The summed E-state index contributed by atoms with van der Waals surface area (Å²) in [6.07, 6.45) is 2.22. The van der Waals surface area contributed by atoms with Crippen LogP contribution in [0.25, 0.3) is 11.0 Å². The molecule has 2 heterocycles. The average Bonchev–Trinajstić information content (AvgIpc) is 2.67. The molecule has 0 aliphatic rings. The van der Waals surface area contributed by atoms with Crippen molar-refractivity contribution in [2.24, 2.45) is 0 Å². The number of pyridine rings is 1. The second-order valence-electron chi connectivity index (χ2n) is 3.15. The van der Waals surface area contributed by atoms with Gasteiger partial charge in [-0.25, -0.2) is 9.78 Å². The van der Waals surface area contributed by atoms with Crippen molar-refractivity contribution < 1.29 is 14.3 Å². The Kier molecular flexibility index (Phi) is 2.68. The first-order valence-electron chi connectivity index (χ1n) is 4.87. The van der Waals surface area contributed by atoms with E-state index in [9.17, 15) is 9.59 Å². The minimum atomic E-state index is -0.539. The van der Waals surface area contributed by atoms with E-state index in [1.54, 1.807) is 25.3 Å². The number of nitrogens with zero attached hydrogens (tertiary/aromatic N) is 1. The number of hydrogen-bond donors (Lipinski definition) is 1. The predicted octanol–water partition coefficient (Wildman–Crippen LogP) is 1.55. The Bertz CT molecular complexity index is 545. The van der Waals surface area contributed by atoms with Gasteiger partial charge < -0.3 is 9.72 Å². The van der Waals surface area contributed by atoms with Crippen LogP contribution in [0.5, 0.6) is 0 Å². The van der Waals surface area contributed by atoms with Gasteiger partial charge in [0, 0.05) is 11.6 Å². The maximum Gasteiger partial charge on any atom is 0.355 e. The molecule has 2 rings (SSSR count). The first kappa shape index (κ1) is 10.4. The number of aromatic amines is 1. The van der Waals surface area contributed by atoms with E-state index < -0.39 is 5.97 Å². The molecule has 0 unspecified atom stereocenters. The average molecular weight is 218 g/mol. The normalized spacial score (nSPS) is 10.3. The third-order valence-corrected chi connectivity index (χ3v) is 2.21. The molecule has 5 heteroatoms. The van der Waals surface area contributed by atoms with Gasteiger partial charge in [-0.1, -0.05) is 0 Å². The SMILES string of the molecule is CCOC(=O)c1[nH]c2ncccc2c1C=O. The topological polar surface area (TPSA) is 72.1 Å². The molecule has 0 radical (unpaired) electrons. The van der Waals surface area contributed by atoms with Crippen LogP contribution in [-0.2, 0) is 4.74 Å². The third-order valence-electron chi connectivity index (χ3n) is 2.21. The minimum absolute atomic E-state index is 0.158. The highest BCUT2D eigenvalue weighted by Crippen LogP contribution is 2.19. The fraction of sp³-hybridized carbons (Fsp3) is 0.182. The lowest BCUT2D eigenvalue weighted by Crippen LogP contribution is -2.07. The van der Waals surface area contributed by atoms with Crippen molar-refractivity contribution in [1.29, 1.82) is 0 Å². The molecule has 0 fully saturated rings. The summed E-state index contributed by atoms with van der Waals surface area (Å²) in [6.45, 7) is 1.97. The first-order valence-corrected chi connectivity index (χ1v) is 4.87. The van der Waals surface area contributed by atoms with Gasteiger partial charge in [-0.2, -0.15) is 0 Å². The number of aldehydes is 1. The van der Waals surface area contributed by atoms with Crippen LogP contribution >= 0.6 is 0 Å². The van der Waals surface area contributed by atoms with E-state index in [2.05, 4.69) is 9.97 Å².